The Labute approximate surface area is 138 Å². The largest absolute Gasteiger partial charge is 0.298 e. The number of aldehydes is 2. The fraction of sp³-hybridized carbons (Fsp3) is 0. The smallest absolute Gasteiger partial charge is 0.151 e. The van der Waals surface area contributed by atoms with E-state index >= 15 is 0 Å². The van der Waals surface area contributed by atoms with Crippen molar-refractivity contribution in [1.29, 1.82) is 0 Å². The minimum Gasteiger partial charge on any atom is -0.298 e. The Morgan fingerprint density at radius 1 is 0.714 bits per heavy atom. The van der Waals surface area contributed by atoms with Gasteiger partial charge in [0.1, 0.15) is 0 Å². The molecule has 0 amide bonds. The molecule has 0 atom stereocenters. The van der Waals surface area contributed by atoms with E-state index in [0.717, 1.165) is 28.7 Å². The third-order valence-electron chi connectivity index (χ3n) is 3.31. The van der Waals surface area contributed by atoms with Gasteiger partial charge in [-0.25, -0.2) is 0 Å². The monoisotopic (exact) mass is 340 g/mol. The van der Waals surface area contributed by atoms with Gasteiger partial charge in [0.2, 0.25) is 0 Å². The van der Waals surface area contributed by atoms with Gasteiger partial charge in [-0.1, -0.05) is 41.9 Å². The third-order valence-corrected chi connectivity index (χ3v) is 3.54. The second-order valence-electron chi connectivity index (χ2n) is 4.30. The van der Waals surface area contributed by atoms with Gasteiger partial charge in [0.15, 0.2) is 12.6 Å². The summed E-state index contributed by atoms with van der Waals surface area (Å²) in [7, 11) is 0. The number of hydrogen-bond donors (Lipinski definition) is 0. The Morgan fingerprint density at radius 2 is 1.19 bits per heavy atom. The molecule has 3 rings (SSSR count). The van der Waals surface area contributed by atoms with Gasteiger partial charge in [0.25, 0.3) is 0 Å². The van der Waals surface area contributed by atoms with Crippen molar-refractivity contribution in [3.8, 4) is 0 Å². The van der Waals surface area contributed by atoms with E-state index in [1.807, 2.05) is 24.3 Å². The summed E-state index contributed by atoms with van der Waals surface area (Å²) >= 11 is 5.99. The van der Waals surface area contributed by atoms with Crippen LogP contribution in [-0.4, -0.2) is 12.6 Å². The second kappa shape index (κ2) is 6.90. The second-order valence-corrected chi connectivity index (χ2v) is 4.73. The molecule has 108 valence electrons. The first kappa shape index (κ1) is 17.4. The van der Waals surface area contributed by atoms with Crippen LogP contribution in [0.1, 0.15) is 20.7 Å². The zero-order chi connectivity index (χ0) is 13.4. The quantitative estimate of drug-likeness (QED) is 0.479. The Kier molecular flexibility index (Phi) is 5.73. The normalized spacial score (nSPS) is 9.76. The predicted octanol–water partition coefficient (Wildman–Crippen LogP) is 5.12. The van der Waals surface area contributed by atoms with Crippen molar-refractivity contribution in [3.05, 3.63) is 58.6 Å². The summed E-state index contributed by atoms with van der Waals surface area (Å²) in [6.45, 7) is 0. The zero-order valence-corrected chi connectivity index (χ0v) is 13.1. The van der Waals surface area contributed by atoms with Crippen molar-refractivity contribution in [2.75, 3.05) is 0 Å². The SMILES string of the molecule is Cl.Cl.O=Cc1c2ccccc2c(C=O)c2cc(Cl)ccc12. The van der Waals surface area contributed by atoms with E-state index in [2.05, 4.69) is 0 Å². The summed E-state index contributed by atoms with van der Waals surface area (Å²) in [6, 6.07) is 12.6. The molecule has 0 heterocycles. The molecule has 0 bridgehead atoms. The van der Waals surface area contributed by atoms with Crippen molar-refractivity contribution in [3.63, 3.8) is 0 Å². The summed E-state index contributed by atoms with van der Waals surface area (Å²) in [5.41, 5.74) is 1.16. The molecule has 21 heavy (non-hydrogen) atoms. The molecule has 0 aliphatic heterocycles. The Hall–Kier alpha value is -1.61. The Bertz CT molecular complexity index is 828. The molecule has 0 unspecified atom stereocenters. The first-order chi connectivity index (χ1) is 9.26. The standard InChI is InChI=1S/C16H9ClO2.2ClH/c17-10-5-6-13-14(7-10)16(9-19)12-4-2-1-3-11(12)15(13)8-18;;/h1-9H;2*1H. The van der Waals surface area contributed by atoms with Crippen LogP contribution in [0.25, 0.3) is 21.5 Å². The maximum absolute atomic E-state index is 11.4. The van der Waals surface area contributed by atoms with E-state index < -0.39 is 0 Å². The first-order valence-electron chi connectivity index (χ1n) is 5.80. The van der Waals surface area contributed by atoms with Crippen molar-refractivity contribution in [2.24, 2.45) is 0 Å². The predicted molar refractivity (Wildman–Crippen MR) is 91.7 cm³/mol. The van der Waals surface area contributed by atoms with Gasteiger partial charge in [-0.05, 0) is 33.7 Å². The summed E-state index contributed by atoms with van der Waals surface area (Å²) in [6.07, 6.45) is 1.64. The molecule has 3 aromatic carbocycles. The molecular formula is C16H11Cl3O2. The molecule has 0 spiro atoms. The van der Waals surface area contributed by atoms with Gasteiger partial charge in [-0.2, -0.15) is 0 Å². The Morgan fingerprint density at radius 3 is 1.71 bits per heavy atom. The van der Waals surface area contributed by atoms with Crippen LogP contribution in [0.5, 0.6) is 0 Å². The summed E-state index contributed by atoms with van der Waals surface area (Å²) < 4.78 is 0. The minimum absolute atomic E-state index is 0. The molecule has 0 radical (unpaired) electrons. The molecule has 2 nitrogen and oxygen atoms in total. The van der Waals surface area contributed by atoms with Gasteiger partial charge in [0, 0.05) is 16.1 Å². The molecule has 3 aromatic rings. The highest BCUT2D eigenvalue weighted by molar-refractivity contribution is 6.32. The number of carbonyl (C=O) groups excluding carboxylic acids is 2. The lowest BCUT2D eigenvalue weighted by atomic mass is 9.93. The van der Waals surface area contributed by atoms with Crippen LogP contribution in [0.2, 0.25) is 5.02 Å². The van der Waals surface area contributed by atoms with Crippen LogP contribution < -0.4 is 0 Å². The Balaban J connectivity index is 0.00000110. The molecular weight excluding hydrogens is 331 g/mol. The van der Waals surface area contributed by atoms with Crippen LogP contribution in [0.15, 0.2) is 42.5 Å². The van der Waals surface area contributed by atoms with Crippen LogP contribution in [0.4, 0.5) is 0 Å². The van der Waals surface area contributed by atoms with Gasteiger partial charge < -0.3 is 0 Å². The van der Waals surface area contributed by atoms with Crippen molar-refractivity contribution < 1.29 is 9.59 Å². The minimum atomic E-state index is 0. The summed E-state index contributed by atoms with van der Waals surface area (Å²) in [5, 5.41) is 3.56. The molecule has 5 heteroatoms. The number of rotatable bonds is 2. The van der Waals surface area contributed by atoms with Crippen LogP contribution >= 0.6 is 36.4 Å². The molecule has 0 aromatic heterocycles. The molecule has 0 saturated heterocycles. The lowest BCUT2D eigenvalue weighted by Crippen LogP contribution is -1.93. The number of carbonyl (C=O) groups is 2. The number of halogens is 3. The third kappa shape index (κ3) is 2.75. The molecule has 0 saturated carbocycles. The average Bonchev–Trinajstić information content (AvgIpc) is 2.44. The highest BCUT2D eigenvalue weighted by atomic mass is 35.5. The lowest BCUT2D eigenvalue weighted by Gasteiger charge is -2.10. The maximum atomic E-state index is 11.4. The first-order valence-corrected chi connectivity index (χ1v) is 6.18. The van der Waals surface area contributed by atoms with E-state index in [1.165, 1.54) is 0 Å². The van der Waals surface area contributed by atoms with E-state index in [0.29, 0.717) is 21.5 Å². The van der Waals surface area contributed by atoms with Gasteiger partial charge in [-0.3, -0.25) is 9.59 Å². The lowest BCUT2D eigenvalue weighted by molar-refractivity contribution is 0.111. The zero-order valence-electron chi connectivity index (χ0n) is 10.7. The van der Waals surface area contributed by atoms with E-state index in [4.69, 9.17) is 11.6 Å². The van der Waals surface area contributed by atoms with E-state index in [-0.39, 0.29) is 24.8 Å². The highest BCUT2D eigenvalue weighted by Crippen LogP contribution is 2.32. The number of hydrogen-bond acceptors (Lipinski definition) is 2. The fourth-order valence-electron chi connectivity index (χ4n) is 2.47. The highest BCUT2D eigenvalue weighted by Gasteiger charge is 2.12. The van der Waals surface area contributed by atoms with Gasteiger partial charge in [0.05, 0.1) is 0 Å². The van der Waals surface area contributed by atoms with Gasteiger partial charge >= 0.3 is 0 Å². The fourth-order valence-corrected chi connectivity index (χ4v) is 2.64. The van der Waals surface area contributed by atoms with Crippen LogP contribution in [0.3, 0.4) is 0 Å². The molecule has 0 aliphatic rings. The van der Waals surface area contributed by atoms with Crippen molar-refractivity contribution in [2.45, 2.75) is 0 Å². The topological polar surface area (TPSA) is 34.1 Å². The van der Waals surface area contributed by atoms with Crippen molar-refractivity contribution in [1.82, 2.24) is 0 Å². The van der Waals surface area contributed by atoms with E-state index in [9.17, 15) is 9.59 Å². The average molecular weight is 342 g/mol. The van der Waals surface area contributed by atoms with Crippen LogP contribution in [0, 0.1) is 0 Å². The van der Waals surface area contributed by atoms with Crippen molar-refractivity contribution >= 4 is 70.5 Å². The number of benzene rings is 3. The molecule has 0 N–H and O–H groups in total. The number of fused-ring (bicyclic) bond motifs is 2. The van der Waals surface area contributed by atoms with Crippen LogP contribution in [-0.2, 0) is 0 Å². The molecule has 0 fully saturated rings. The summed E-state index contributed by atoms with van der Waals surface area (Å²) in [4.78, 5) is 22.8. The van der Waals surface area contributed by atoms with E-state index in [1.54, 1.807) is 18.2 Å². The summed E-state index contributed by atoms with van der Waals surface area (Å²) in [5.74, 6) is 0. The van der Waals surface area contributed by atoms with Gasteiger partial charge in [-0.15, -0.1) is 24.8 Å². The molecule has 0 aliphatic carbocycles. The maximum Gasteiger partial charge on any atom is 0.151 e.